The van der Waals surface area contributed by atoms with E-state index >= 15 is 0 Å². The first-order chi connectivity index (χ1) is 12.2. The van der Waals surface area contributed by atoms with Gasteiger partial charge < -0.3 is 10.1 Å². The van der Waals surface area contributed by atoms with Gasteiger partial charge in [-0.25, -0.2) is 4.98 Å². The van der Waals surface area contributed by atoms with E-state index < -0.39 is 0 Å². The molecular weight excluding hydrogens is 356 g/mol. The molecule has 0 aliphatic heterocycles. The number of nitrogens with zero attached hydrogens (tertiary/aromatic N) is 1. The van der Waals surface area contributed by atoms with E-state index in [0.29, 0.717) is 23.9 Å². The molecule has 0 fully saturated rings. The van der Waals surface area contributed by atoms with Crippen LogP contribution < -0.4 is 10.1 Å². The van der Waals surface area contributed by atoms with Gasteiger partial charge in [0.25, 0.3) is 5.91 Å². The van der Waals surface area contributed by atoms with E-state index in [2.05, 4.69) is 10.3 Å². The summed E-state index contributed by atoms with van der Waals surface area (Å²) in [6.07, 6.45) is 0. The Morgan fingerprint density at radius 1 is 1.24 bits per heavy atom. The Bertz CT molecular complexity index is 879. The van der Waals surface area contributed by atoms with Gasteiger partial charge in [-0.05, 0) is 25.1 Å². The number of hydrogen-bond acceptors (Lipinski definition) is 4. The zero-order valence-corrected chi connectivity index (χ0v) is 15.2. The molecule has 25 heavy (non-hydrogen) atoms. The van der Waals surface area contributed by atoms with E-state index in [9.17, 15) is 4.79 Å². The highest BCUT2D eigenvalue weighted by atomic mass is 35.5. The molecule has 0 saturated carbocycles. The minimum Gasteiger partial charge on any atom is -0.489 e. The van der Waals surface area contributed by atoms with Gasteiger partial charge in [0.15, 0.2) is 0 Å². The van der Waals surface area contributed by atoms with Crippen molar-refractivity contribution in [1.82, 2.24) is 10.3 Å². The lowest BCUT2D eigenvalue weighted by atomic mass is 10.2. The van der Waals surface area contributed by atoms with Crippen molar-refractivity contribution in [2.45, 2.75) is 13.5 Å². The minimum atomic E-state index is -0.156. The first kappa shape index (κ1) is 17.5. The molecule has 0 bridgehead atoms. The third-order valence-electron chi connectivity index (χ3n) is 3.51. The number of halogens is 1. The Morgan fingerprint density at radius 2 is 2.08 bits per heavy atom. The summed E-state index contributed by atoms with van der Waals surface area (Å²) in [4.78, 5) is 16.2. The third-order valence-corrected chi connectivity index (χ3v) is 4.77. The molecule has 0 saturated heterocycles. The van der Waals surface area contributed by atoms with E-state index in [1.165, 1.54) is 11.3 Å². The first-order valence-corrected chi connectivity index (χ1v) is 9.13. The first-order valence-electron chi connectivity index (χ1n) is 7.87. The van der Waals surface area contributed by atoms with Gasteiger partial charge in [0.2, 0.25) is 0 Å². The van der Waals surface area contributed by atoms with Crippen molar-refractivity contribution in [3.05, 3.63) is 70.2 Å². The largest absolute Gasteiger partial charge is 0.489 e. The molecule has 0 radical (unpaired) electrons. The maximum absolute atomic E-state index is 11.8. The SMILES string of the molecule is CCNC(=O)c1csc(-c2cccc(OCc3ccccc3Cl)c2)n1. The quantitative estimate of drug-likeness (QED) is 0.676. The number of carbonyl (C=O) groups is 1. The Balaban J connectivity index is 1.73. The van der Waals surface area contributed by atoms with Crippen LogP contribution in [0.1, 0.15) is 23.0 Å². The van der Waals surface area contributed by atoms with Gasteiger partial charge >= 0.3 is 0 Å². The van der Waals surface area contributed by atoms with Crippen LogP contribution in [0.5, 0.6) is 5.75 Å². The van der Waals surface area contributed by atoms with Crippen LogP contribution in [-0.2, 0) is 6.61 Å². The van der Waals surface area contributed by atoms with Gasteiger partial charge in [0.05, 0.1) is 0 Å². The highest BCUT2D eigenvalue weighted by Crippen LogP contribution is 2.27. The van der Waals surface area contributed by atoms with E-state index in [0.717, 1.165) is 21.9 Å². The van der Waals surface area contributed by atoms with Crippen LogP contribution in [-0.4, -0.2) is 17.4 Å². The van der Waals surface area contributed by atoms with Gasteiger partial charge in [0.1, 0.15) is 23.1 Å². The molecule has 1 heterocycles. The third kappa shape index (κ3) is 4.38. The van der Waals surface area contributed by atoms with Crippen LogP contribution in [0.25, 0.3) is 10.6 Å². The van der Waals surface area contributed by atoms with Gasteiger partial charge in [0, 0.05) is 28.1 Å². The molecule has 4 nitrogen and oxygen atoms in total. The summed E-state index contributed by atoms with van der Waals surface area (Å²) in [5.74, 6) is 0.573. The monoisotopic (exact) mass is 372 g/mol. The van der Waals surface area contributed by atoms with Crippen molar-refractivity contribution in [2.24, 2.45) is 0 Å². The van der Waals surface area contributed by atoms with Gasteiger partial charge in [-0.1, -0.05) is 41.9 Å². The summed E-state index contributed by atoms with van der Waals surface area (Å²) in [5, 5.41) is 5.98. The number of nitrogens with one attached hydrogen (secondary N) is 1. The van der Waals surface area contributed by atoms with Crippen molar-refractivity contribution in [1.29, 1.82) is 0 Å². The van der Waals surface area contributed by atoms with Gasteiger partial charge in [-0.15, -0.1) is 11.3 Å². The zero-order chi connectivity index (χ0) is 17.6. The predicted molar refractivity (Wildman–Crippen MR) is 101 cm³/mol. The molecule has 3 aromatic rings. The number of amides is 1. The fraction of sp³-hybridized carbons (Fsp3) is 0.158. The molecule has 0 unspecified atom stereocenters. The summed E-state index contributed by atoms with van der Waals surface area (Å²) in [6, 6.07) is 15.3. The fourth-order valence-corrected chi connectivity index (χ4v) is 3.24. The number of ether oxygens (including phenoxy) is 1. The molecule has 0 spiro atoms. The maximum Gasteiger partial charge on any atom is 0.270 e. The normalized spacial score (nSPS) is 10.5. The fourth-order valence-electron chi connectivity index (χ4n) is 2.26. The zero-order valence-electron chi connectivity index (χ0n) is 13.7. The number of aromatic nitrogens is 1. The van der Waals surface area contributed by atoms with E-state index in [-0.39, 0.29) is 5.91 Å². The second kappa shape index (κ2) is 8.14. The second-order valence-electron chi connectivity index (χ2n) is 5.31. The highest BCUT2D eigenvalue weighted by Gasteiger charge is 2.11. The van der Waals surface area contributed by atoms with Crippen LogP contribution in [0.4, 0.5) is 0 Å². The van der Waals surface area contributed by atoms with E-state index in [4.69, 9.17) is 16.3 Å². The van der Waals surface area contributed by atoms with Crippen molar-refractivity contribution < 1.29 is 9.53 Å². The van der Waals surface area contributed by atoms with Gasteiger partial charge in [-0.3, -0.25) is 4.79 Å². The predicted octanol–water partition coefficient (Wildman–Crippen LogP) is 4.79. The maximum atomic E-state index is 11.8. The number of benzene rings is 2. The smallest absolute Gasteiger partial charge is 0.270 e. The highest BCUT2D eigenvalue weighted by molar-refractivity contribution is 7.13. The van der Waals surface area contributed by atoms with Crippen LogP contribution in [0, 0.1) is 0 Å². The van der Waals surface area contributed by atoms with Crippen molar-refractivity contribution in [3.8, 4) is 16.3 Å². The average Bonchev–Trinajstić information content (AvgIpc) is 3.12. The molecule has 1 amide bonds. The van der Waals surface area contributed by atoms with Crippen molar-refractivity contribution in [2.75, 3.05) is 6.54 Å². The Hall–Kier alpha value is -2.37. The van der Waals surface area contributed by atoms with E-state index in [1.54, 1.807) is 5.38 Å². The van der Waals surface area contributed by atoms with E-state index in [1.807, 2.05) is 55.5 Å². The molecule has 1 aromatic heterocycles. The number of thiazole rings is 1. The molecule has 2 aromatic carbocycles. The molecule has 1 N–H and O–H groups in total. The number of hydrogen-bond donors (Lipinski definition) is 1. The van der Waals surface area contributed by atoms with Crippen molar-refractivity contribution in [3.63, 3.8) is 0 Å². The van der Waals surface area contributed by atoms with Crippen LogP contribution in [0.15, 0.2) is 53.9 Å². The summed E-state index contributed by atoms with van der Waals surface area (Å²) in [6.45, 7) is 2.85. The Kier molecular flexibility index (Phi) is 5.68. The summed E-state index contributed by atoms with van der Waals surface area (Å²) in [5.41, 5.74) is 2.28. The lowest BCUT2D eigenvalue weighted by Crippen LogP contribution is -2.22. The molecule has 6 heteroatoms. The topological polar surface area (TPSA) is 51.2 Å². The lowest BCUT2D eigenvalue weighted by Gasteiger charge is -2.08. The van der Waals surface area contributed by atoms with Gasteiger partial charge in [-0.2, -0.15) is 0 Å². The van der Waals surface area contributed by atoms with Crippen LogP contribution >= 0.6 is 22.9 Å². The van der Waals surface area contributed by atoms with Crippen molar-refractivity contribution >= 4 is 28.8 Å². The second-order valence-corrected chi connectivity index (χ2v) is 6.57. The molecule has 128 valence electrons. The molecule has 0 atom stereocenters. The molecule has 3 rings (SSSR count). The Morgan fingerprint density at radius 3 is 2.88 bits per heavy atom. The summed E-state index contributed by atoms with van der Waals surface area (Å²) < 4.78 is 5.84. The summed E-state index contributed by atoms with van der Waals surface area (Å²) >= 11 is 7.58. The minimum absolute atomic E-state index is 0.156. The number of rotatable bonds is 6. The molecule has 0 aliphatic carbocycles. The Labute approximate surface area is 155 Å². The number of carbonyl (C=O) groups excluding carboxylic acids is 1. The lowest BCUT2D eigenvalue weighted by molar-refractivity contribution is 0.0951. The molecular formula is C19H17ClN2O2S. The standard InChI is InChI=1S/C19H17ClN2O2S/c1-2-21-18(23)17-12-25-19(22-17)13-7-5-8-15(10-13)24-11-14-6-3-4-9-16(14)20/h3-10,12H,2,11H2,1H3,(H,21,23). The van der Waals surface area contributed by atoms with Crippen LogP contribution in [0.3, 0.4) is 0 Å². The van der Waals surface area contributed by atoms with Crippen LogP contribution in [0.2, 0.25) is 5.02 Å². The molecule has 0 aliphatic rings. The average molecular weight is 373 g/mol. The summed E-state index contributed by atoms with van der Waals surface area (Å²) in [7, 11) is 0.